The summed E-state index contributed by atoms with van der Waals surface area (Å²) >= 11 is 0. The largest absolute Gasteiger partial charge is 0.334 e. The fraction of sp³-hybridized carbons (Fsp3) is 0.276. The molecule has 1 aliphatic heterocycles. The average molecular weight is 486 g/mol. The number of aromatic nitrogens is 2. The van der Waals surface area contributed by atoms with Crippen LogP contribution in [0.5, 0.6) is 0 Å². The van der Waals surface area contributed by atoms with E-state index in [0.717, 1.165) is 52.3 Å². The first kappa shape index (κ1) is 22.6. The molecule has 1 fully saturated rings. The Hall–Kier alpha value is -3.87. The number of carbonyl (C=O) groups excluding carboxylic acids is 1. The van der Waals surface area contributed by atoms with Crippen molar-refractivity contribution in [1.82, 2.24) is 14.5 Å². The fourth-order valence-corrected chi connectivity index (χ4v) is 5.17. The number of hydrogen-bond acceptors (Lipinski definition) is 3. The summed E-state index contributed by atoms with van der Waals surface area (Å²) in [6.07, 6.45) is 2.69. The molecule has 1 aliphatic carbocycles. The molecular weight excluding hydrogens is 460 g/mol. The third kappa shape index (κ3) is 3.88. The van der Waals surface area contributed by atoms with Gasteiger partial charge in [-0.3, -0.25) is 14.6 Å². The quantitative estimate of drug-likeness (QED) is 0.396. The number of fused-ring (bicyclic) bond motifs is 2. The van der Waals surface area contributed by atoms with E-state index in [1.54, 1.807) is 0 Å². The second-order valence-electron chi connectivity index (χ2n) is 9.79. The standard InChI is InChI=1S/C29H25F2N3O2/c1-17-8-11-21-20(4-3-7-25(21)32-17)23-14-19-16-33(28(35)22-5-2-6-24(30)27(22)31)13-12-26(19)34(29(23)36)15-18-9-10-18/h2-8,11,14,18H,9-10,12-13,15-16H2,1H3. The van der Waals surface area contributed by atoms with Gasteiger partial charge in [0.2, 0.25) is 0 Å². The Labute approximate surface area is 207 Å². The lowest BCUT2D eigenvalue weighted by molar-refractivity contribution is 0.0726. The third-order valence-electron chi connectivity index (χ3n) is 7.24. The van der Waals surface area contributed by atoms with Gasteiger partial charge in [0.25, 0.3) is 11.5 Å². The highest BCUT2D eigenvalue weighted by Crippen LogP contribution is 2.34. The van der Waals surface area contributed by atoms with Gasteiger partial charge >= 0.3 is 0 Å². The lowest BCUT2D eigenvalue weighted by atomic mass is 9.96. The smallest absolute Gasteiger partial charge is 0.258 e. The first-order chi connectivity index (χ1) is 17.4. The van der Waals surface area contributed by atoms with Crippen LogP contribution in [0.3, 0.4) is 0 Å². The van der Waals surface area contributed by atoms with Crippen molar-refractivity contribution in [2.45, 2.75) is 39.3 Å². The van der Waals surface area contributed by atoms with E-state index in [0.29, 0.717) is 31.0 Å². The molecule has 0 N–H and O–H groups in total. The van der Waals surface area contributed by atoms with Gasteiger partial charge in [-0.05, 0) is 67.1 Å². The normalized spacial score (nSPS) is 15.2. The molecule has 3 heterocycles. The van der Waals surface area contributed by atoms with Crippen LogP contribution in [-0.4, -0.2) is 26.9 Å². The van der Waals surface area contributed by atoms with Crippen LogP contribution < -0.4 is 5.56 Å². The number of hydrogen-bond donors (Lipinski definition) is 0. The van der Waals surface area contributed by atoms with E-state index in [9.17, 15) is 18.4 Å². The topological polar surface area (TPSA) is 55.2 Å². The molecule has 1 amide bonds. The summed E-state index contributed by atoms with van der Waals surface area (Å²) in [7, 11) is 0. The van der Waals surface area contributed by atoms with Crippen molar-refractivity contribution < 1.29 is 13.6 Å². The van der Waals surface area contributed by atoms with Gasteiger partial charge in [-0.15, -0.1) is 0 Å². The van der Waals surface area contributed by atoms with Crippen LogP contribution >= 0.6 is 0 Å². The van der Waals surface area contributed by atoms with E-state index in [1.807, 2.05) is 47.9 Å². The predicted octanol–water partition coefficient (Wildman–Crippen LogP) is 5.26. The molecule has 1 saturated carbocycles. The molecule has 2 aromatic heterocycles. The Balaban J connectivity index is 1.46. The van der Waals surface area contributed by atoms with Crippen LogP contribution in [0.4, 0.5) is 8.78 Å². The zero-order valence-corrected chi connectivity index (χ0v) is 19.9. The molecule has 2 aromatic carbocycles. The predicted molar refractivity (Wildman–Crippen MR) is 134 cm³/mol. The van der Waals surface area contributed by atoms with Crippen molar-refractivity contribution in [3.05, 3.63) is 99.1 Å². The highest BCUT2D eigenvalue weighted by molar-refractivity contribution is 5.95. The maximum atomic E-state index is 14.4. The Bertz CT molecular complexity index is 1590. The highest BCUT2D eigenvalue weighted by atomic mass is 19.2. The van der Waals surface area contributed by atoms with Crippen molar-refractivity contribution in [3.8, 4) is 11.1 Å². The fourth-order valence-electron chi connectivity index (χ4n) is 5.17. The monoisotopic (exact) mass is 485 g/mol. The molecule has 36 heavy (non-hydrogen) atoms. The number of nitrogens with zero attached hydrogens (tertiary/aromatic N) is 3. The zero-order valence-electron chi connectivity index (χ0n) is 19.9. The van der Waals surface area contributed by atoms with Crippen molar-refractivity contribution in [1.29, 1.82) is 0 Å². The molecular formula is C29H25F2N3O2. The maximum absolute atomic E-state index is 14.4. The number of carbonyl (C=O) groups is 1. The molecule has 0 unspecified atom stereocenters. The minimum atomic E-state index is -1.13. The SMILES string of the molecule is Cc1ccc2c(-c3cc4c(n(CC5CC5)c3=O)CCN(C(=O)c3cccc(F)c3F)C4)cccc2n1. The first-order valence-corrected chi connectivity index (χ1v) is 12.3. The van der Waals surface area contributed by atoms with Crippen LogP contribution in [0.2, 0.25) is 0 Å². The number of pyridine rings is 2. The number of rotatable bonds is 4. The van der Waals surface area contributed by atoms with Gasteiger partial charge in [0.1, 0.15) is 0 Å². The second kappa shape index (κ2) is 8.66. The molecule has 4 aromatic rings. The summed E-state index contributed by atoms with van der Waals surface area (Å²) in [4.78, 5) is 33.1. The van der Waals surface area contributed by atoms with E-state index in [2.05, 4.69) is 4.98 Å². The van der Waals surface area contributed by atoms with Crippen molar-refractivity contribution in [2.75, 3.05) is 6.54 Å². The molecule has 0 spiro atoms. The minimum Gasteiger partial charge on any atom is -0.334 e. The summed E-state index contributed by atoms with van der Waals surface area (Å²) in [6, 6.07) is 15.2. The van der Waals surface area contributed by atoms with Crippen LogP contribution in [0.15, 0.2) is 59.4 Å². The summed E-state index contributed by atoms with van der Waals surface area (Å²) in [5.74, 6) is -2.24. The van der Waals surface area contributed by atoms with Gasteiger partial charge < -0.3 is 9.47 Å². The summed E-state index contributed by atoms with van der Waals surface area (Å²) in [5, 5.41) is 0.892. The van der Waals surface area contributed by atoms with E-state index in [-0.39, 0.29) is 17.7 Å². The van der Waals surface area contributed by atoms with Gasteiger partial charge in [0.15, 0.2) is 11.6 Å². The van der Waals surface area contributed by atoms with Crippen LogP contribution in [0.1, 0.15) is 40.2 Å². The Morgan fingerprint density at radius 3 is 2.67 bits per heavy atom. The minimum absolute atomic E-state index is 0.0373. The van der Waals surface area contributed by atoms with Gasteiger partial charge in [-0.1, -0.05) is 24.3 Å². The number of halogens is 2. The third-order valence-corrected chi connectivity index (χ3v) is 7.24. The van der Waals surface area contributed by atoms with Gasteiger partial charge in [-0.2, -0.15) is 0 Å². The molecule has 5 nitrogen and oxygen atoms in total. The Morgan fingerprint density at radius 2 is 1.86 bits per heavy atom. The number of amides is 1. The molecule has 7 heteroatoms. The van der Waals surface area contributed by atoms with E-state index < -0.39 is 17.5 Å². The summed E-state index contributed by atoms with van der Waals surface area (Å²) < 4.78 is 30.0. The van der Waals surface area contributed by atoms with Gasteiger partial charge in [0.05, 0.1) is 11.1 Å². The van der Waals surface area contributed by atoms with Crippen LogP contribution in [-0.2, 0) is 19.5 Å². The van der Waals surface area contributed by atoms with E-state index in [4.69, 9.17) is 0 Å². The molecule has 0 atom stereocenters. The van der Waals surface area contributed by atoms with E-state index in [1.165, 1.54) is 17.0 Å². The molecule has 6 rings (SSSR count). The molecule has 0 bridgehead atoms. The molecule has 0 radical (unpaired) electrons. The summed E-state index contributed by atoms with van der Waals surface area (Å²) in [6.45, 7) is 3.15. The lowest BCUT2D eigenvalue weighted by Crippen LogP contribution is -2.40. The summed E-state index contributed by atoms with van der Waals surface area (Å²) in [5.41, 5.74) is 4.55. The lowest BCUT2D eigenvalue weighted by Gasteiger charge is -2.31. The Morgan fingerprint density at radius 1 is 1.06 bits per heavy atom. The molecule has 2 aliphatic rings. The van der Waals surface area contributed by atoms with E-state index >= 15 is 0 Å². The highest BCUT2D eigenvalue weighted by Gasteiger charge is 2.30. The van der Waals surface area contributed by atoms with Gasteiger partial charge in [0, 0.05) is 48.4 Å². The first-order valence-electron chi connectivity index (χ1n) is 12.3. The van der Waals surface area contributed by atoms with Crippen molar-refractivity contribution in [2.24, 2.45) is 5.92 Å². The number of aryl methyl sites for hydroxylation is 1. The maximum Gasteiger partial charge on any atom is 0.258 e. The molecule has 0 saturated heterocycles. The molecule has 182 valence electrons. The second-order valence-corrected chi connectivity index (χ2v) is 9.79. The van der Waals surface area contributed by atoms with Gasteiger partial charge in [-0.25, -0.2) is 8.78 Å². The number of benzene rings is 2. The Kier molecular flexibility index (Phi) is 5.43. The average Bonchev–Trinajstić information content (AvgIpc) is 3.70. The van der Waals surface area contributed by atoms with Crippen molar-refractivity contribution >= 4 is 16.8 Å². The zero-order chi connectivity index (χ0) is 25.0. The van der Waals surface area contributed by atoms with Crippen LogP contribution in [0.25, 0.3) is 22.0 Å². The van der Waals surface area contributed by atoms with Crippen LogP contribution in [0, 0.1) is 24.5 Å². The van der Waals surface area contributed by atoms with Crippen molar-refractivity contribution in [3.63, 3.8) is 0 Å².